The van der Waals surface area contributed by atoms with E-state index in [1.165, 1.54) is 6.33 Å². The lowest BCUT2D eigenvalue weighted by atomic mass is 10.2. The quantitative estimate of drug-likeness (QED) is 0.812. The van der Waals surface area contributed by atoms with Crippen LogP contribution in [0.1, 0.15) is 31.3 Å². The monoisotopic (exact) mass is 302 g/mol. The number of carbonyl (C=O) groups excluding carboxylic acids is 2. The van der Waals surface area contributed by atoms with Crippen molar-refractivity contribution in [1.29, 1.82) is 0 Å². The van der Waals surface area contributed by atoms with E-state index in [0.717, 1.165) is 0 Å². The van der Waals surface area contributed by atoms with Crippen molar-refractivity contribution in [2.24, 2.45) is 0 Å². The number of nitrogens with zero attached hydrogens (tertiary/aromatic N) is 1. The number of benzene rings is 1. The molecular formula is C15H18N4O3. The third-order valence-electron chi connectivity index (χ3n) is 2.52. The molecule has 1 aromatic heterocycles. The Balaban J connectivity index is 2.06. The van der Waals surface area contributed by atoms with Gasteiger partial charge in [-0.15, -0.1) is 0 Å². The van der Waals surface area contributed by atoms with Gasteiger partial charge in [-0.25, -0.2) is 9.78 Å². The van der Waals surface area contributed by atoms with Gasteiger partial charge in [0.05, 0.1) is 6.33 Å². The summed E-state index contributed by atoms with van der Waals surface area (Å²) in [5.74, 6) is -0.294. The molecule has 2 rings (SSSR count). The van der Waals surface area contributed by atoms with Crippen molar-refractivity contribution in [1.82, 2.24) is 9.97 Å². The van der Waals surface area contributed by atoms with E-state index in [1.807, 2.05) is 18.2 Å². The van der Waals surface area contributed by atoms with Crippen LogP contribution in [0.5, 0.6) is 0 Å². The number of aromatic nitrogens is 2. The summed E-state index contributed by atoms with van der Waals surface area (Å²) in [7, 11) is 0. The van der Waals surface area contributed by atoms with Crippen LogP contribution in [0.4, 0.5) is 16.3 Å². The number of aromatic amines is 1. The standard InChI is InChI=1S/C15H18N4O3/c1-15(2,3)22-14(21)19-12-11(16-9-17-12)13(20)18-10-7-5-4-6-8-10/h4-9H,1-3H3,(H,16,17)(H,18,20)(H,19,21). The molecule has 0 unspecified atom stereocenters. The van der Waals surface area contributed by atoms with E-state index in [-0.39, 0.29) is 11.5 Å². The number of para-hydroxylation sites is 1. The highest BCUT2D eigenvalue weighted by Crippen LogP contribution is 2.15. The largest absolute Gasteiger partial charge is 0.444 e. The molecule has 7 nitrogen and oxygen atoms in total. The lowest BCUT2D eigenvalue weighted by Crippen LogP contribution is -2.28. The number of nitrogens with one attached hydrogen (secondary N) is 3. The van der Waals surface area contributed by atoms with Crippen LogP contribution in [-0.4, -0.2) is 27.6 Å². The Morgan fingerprint density at radius 3 is 2.45 bits per heavy atom. The molecular weight excluding hydrogens is 284 g/mol. The van der Waals surface area contributed by atoms with Crippen molar-refractivity contribution in [2.75, 3.05) is 10.6 Å². The van der Waals surface area contributed by atoms with Gasteiger partial charge in [0, 0.05) is 5.69 Å². The topological polar surface area (TPSA) is 96.1 Å². The molecule has 0 fully saturated rings. The summed E-state index contributed by atoms with van der Waals surface area (Å²) in [5, 5.41) is 5.15. The third-order valence-corrected chi connectivity index (χ3v) is 2.52. The first kappa shape index (κ1) is 15.6. The van der Waals surface area contributed by atoms with Gasteiger partial charge < -0.3 is 15.0 Å². The van der Waals surface area contributed by atoms with E-state index >= 15 is 0 Å². The Morgan fingerprint density at radius 2 is 1.82 bits per heavy atom. The normalized spacial score (nSPS) is 10.9. The first-order chi connectivity index (χ1) is 10.3. The molecule has 22 heavy (non-hydrogen) atoms. The van der Waals surface area contributed by atoms with E-state index in [9.17, 15) is 9.59 Å². The molecule has 0 saturated carbocycles. The summed E-state index contributed by atoms with van der Waals surface area (Å²) in [6.07, 6.45) is 0.653. The Labute approximate surface area is 128 Å². The highest BCUT2D eigenvalue weighted by atomic mass is 16.6. The predicted octanol–water partition coefficient (Wildman–Crippen LogP) is 3.01. The number of rotatable bonds is 3. The molecule has 116 valence electrons. The van der Waals surface area contributed by atoms with Gasteiger partial charge in [-0.05, 0) is 32.9 Å². The van der Waals surface area contributed by atoms with E-state index in [0.29, 0.717) is 5.69 Å². The number of anilines is 2. The van der Waals surface area contributed by atoms with Crippen LogP contribution in [0.2, 0.25) is 0 Å². The fourth-order valence-electron chi connectivity index (χ4n) is 1.68. The molecule has 0 bridgehead atoms. The number of carbonyl (C=O) groups is 2. The summed E-state index contributed by atoms with van der Waals surface area (Å²) < 4.78 is 5.13. The van der Waals surface area contributed by atoms with Gasteiger partial charge in [0.25, 0.3) is 5.91 Å². The second kappa shape index (κ2) is 6.30. The molecule has 2 aromatic rings. The van der Waals surface area contributed by atoms with E-state index in [4.69, 9.17) is 4.74 Å². The fraction of sp³-hybridized carbons (Fsp3) is 0.267. The first-order valence-corrected chi connectivity index (χ1v) is 6.75. The van der Waals surface area contributed by atoms with Gasteiger partial charge in [-0.2, -0.15) is 0 Å². The van der Waals surface area contributed by atoms with E-state index < -0.39 is 17.6 Å². The average Bonchev–Trinajstić information content (AvgIpc) is 2.85. The van der Waals surface area contributed by atoms with Crippen LogP contribution in [0.3, 0.4) is 0 Å². The van der Waals surface area contributed by atoms with Crippen LogP contribution >= 0.6 is 0 Å². The molecule has 7 heteroatoms. The number of hydrogen-bond donors (Lipinski definition) is 3. The van der Waals surface area contributed by atoms with Crippen molar-refractivity contribution in [3.05, 3.63) is 42.4 Å². The summed E-state index contributed by atoms with van der Waals surface area (Å²) in [5.41, 5.74) is 0.160. The van der Waals surface area contributed by atoms with Gasteiger partial charge in [0.15, 0.2) is 5.82 Å². The predicted molar refractivity (Wildman–Crippen MR) is 82.8 cm³/mol. The molecule has 0 aliphatic rings. The molecule has 2 amide bonds. The van der Waals surface area contributed by atoms with Crippen molar-refractivity contribution < 1.29 is 14.3 Å². The molecule has 0 aliphatic heterocycles. The molecule has 0 saturated heterocycles. The third kappa shape index (κ3) is 4.34. The van der Waals surface area contributed by atoms with E-state index in [2.05, 4.69) is 20.6 Å². The number of imidazole rings is 1. The van der Waals surface area contributed by atoms with Crippen LogP contribution in [0.25, 0.3) is 0 Å². The smallest absolute Gasteiger partial charge is 0.413 e. The zero-order valence-electron chi connectivity index (χ0n) is 12.6. The Bertz CT molecular complexity index is 659. The summed E-state index contributed by atoms with van der Waals surface area (Å²) in [6.45, 7) is 5.25. The Kier molecular flexibility index (Phi) is 4.45. The minimum atomic E-state index is -0.673. The van der Waals surface area contributed by atoms with Crippen molar-refractivity contribution in [3.8, 4) is 0 Å². The van der Waals surface area contributed by atoms with E-state index in [1.54, 1.807) is 32.9 Å². The number of hydrogen-bond acceptors (Lipinski definition) is 4. The Morgan fingerprint density at radius 1 is 1.14 bits per heavy atom. The minimum absolute atomic E-state index is 0.114. The van der Waals surface area contributed by atoms with Crippen LogP contribution in [0.15, 0.2) is 36.7 Å². The number of H-pyrrole nitrogens is 1. The van der Waals surface area contributed by atoms with Crippen molar-refractivity contribution in [3.63, 3.8) is 0 Å². The first-order valence-electron chi connectivity index (χ1n) is 6.75. The highest BCUT2D eigenvalue weighted by Gasteiger charge is 2.20. The molecule has 0 aliphatic carbocycles. The molecule has 1 heterocycles. The minimum Gasteiger partial charge on any atom is -0.444 e. The molecule has 0 radical (unpaired) electrons. The Hall–Kier alpha value is -2.83. The van der Waals surface area contributed by atoms with Crippen LogP contribution in [0, 0.1) is 0 Å². The summed E-state index contributed by atoms with van der Waals surface area (Å²) in [4.78, 5) is 30.5. The maximum Gasteiger partial charge on any atom is 0.413 e. The molecule has 0 atom stereocenters. The van der Waals surface area contributed by atoms with Gasteiger partial charge in [-0.3, -0.25) is 10.1 Å². The zero-order chi connectivity index (χ0) is 16.2. The second-order valence-corrected chi connectivity index (χ2v) is 5.57. The lowest BCUT2D eigenvalue weighted by Gasteiger charge is -2.19. The van der Waals surface area contributed by atoms with Crippen molar-refractivity contribution >= 4 is 23.5 Å². The second-order valence-electron chi connectivity index (χ2n) is 5.57. The van der Waals surface area contributed by atoms with Gasteiger partial charge >= 0.3 is 6.09 Å². The van der Waals surface area contributed by atoms with Gasteiger partial charge in [-0.1, -0.05) is 18.2 Å². The maximum atomic E-state index is 12.2. The lowest BCUT2D eigenvalue weighted by molar-refractivity contribution is 0.0635. The van der Waals surface area contributed by atoms with Crippen molar-refractivity contribution in [2.45, 2.75) is 26.4 Å². The van der Waals surface area contributed by atoms with Crippen LogP contribution < -0.4 is 10.6 Å². The van der Waals surface area contributed by atoms with Crippen LogP contribution in [-0.2, 0) is 4.74 Å². The average molecular weight is 302 g/mol. The maximum absolute atomic E-state index is 12.2. The fourth-order valence-corrected chi connectivity index (χ4v) is 1.68. The molecule has 3 N–H and O–H groups in total. The number of ether oxygens (including phenoxy) is 1. The zero-order valence-corrected chi connectivity index (χ0v) is 12.6. The molecule has 0 spiro atoms. The van der Waals surface area contributed by atoms with Gasteiger partial charge in [0.2, 0.25) is 0 Å². The van der Waals surface area contributed by atoms with Gasteiger partial charge in [0.1, 0.15) is 11.3 Å². The molecule has 1 aromatic carbocycles. The number of amides is 2. The summed E-state index contributed by atoms with van der Waals surface area (Å²) in [6, 6.07) is 8.98. The summed E-state index contributed by atoms with van der Waals surface area (Å²) >= 11 is 0. The highest BCUT2D eigenvalue weighted by molar-refractivity contribution is 6.07. The SMILES string of the molecule is CC(C)(C)OC(=O)Nc1nc[nH]c1C(=O)Nc1ccccc1.